The third-order valence-electron chi connectivity index (χ3n) is 3.66. The Morgan fingerprint density at radius 3 is 2.73 bits per heavy atom. The summed E-state index contributed by atoms with van der Waals surface area (Å²) in [5.41, 5.74) is 7.15. The third kappa shape index (κ3) is 3.73. The minimum Gasteiger partial charge on any atom is -0.370 e. The van der Waals surface area contributed by atoms with Crippen LogP contribution in [0.5, 0.6) is 0 Å². The summed E-state index contributed by atoms with van der Waals surface area (Å²) in [4.78, 5) is 17.6. The number of piperazine rings is 1. The van der Waals surface area contributed by atoms with Crippen LogP contribution in [0.4, 0.5) is 5.13 Å². The normalized spacial score (nSPS) is 16.1. The Hall–Kier alpha value is -2.15. The Morgan fingerprint density at radius 1 is 1.18 bits per heavy atom. The van der Waals surface area contributed by atoms with Gasteiger partial charge in [-0.3, -0.25) is 9.98 Å². The van der Waals surface area contributed by atoms with Crippen LogP contribution in [0.2, 0.25) is 0 Å². The van der Waals surface area contributed by atoms with Gasteiger partial charge in [-0.2, -0.15) is 0 Å². The number of aliphatic imine (C=N–C) groups is 1. The van der Waals surface area contributed by atoms with Gasteiger partial charge in [-0.15, -0.1) is 11.3 Å². The van der Waals surface area contributed by atoms with E-state index >= 15 is 0 Å². The number of guanidine groups is 1. The summed E-state index contributed by atoms with van der Waals surface area (Å²) < 4.78 is 0. The highest BCUT2D eigenvalue weighted by Gasteiger charge is 2.19. The maximum Gasteiger partial charge on any atom is 0.191 e. The number of nitrogens with two attached hydrogens (primary N) is 1. The average molecular weight is 316 g/mol. The predicted octanol–water partition coefficient (Wildman–Crippen LogP) is 1.22. The van der Waals surface area contributed by atoms with E-state index in [1.165, 1.54) is 0 Å². The van der Waals surface area contributed by atoms with Crippen molar-refractivity contribution in [2.24, 2.45) is 10.7 Å². The molecule has 2 aromatic rings. The van der Waals surface area contributed by atoms with E-state index in [4.69, 9.17) is 5.73 Å². The number of pyridine rings is 1. The van der Waals surface area contributed by atoms with Gasteiger partial charge in [0.25, 0.3) is 0 Å². The number of rotatable bonds is 4. The number of thiazole rings is 1. The summed E-state index contributed by atoms with van der Waals surface area (Å²) in [6, 6.07) is 5.93. The van der Waals surface area contributed by atoms with Gasteiger partial charge in [0.15, 0.2) is 11.1 Å². The SMILES string of the molecule is NC(=NCCc1ccccn1)N1CCN(c2nccs2)CC1. The van der Waals surface area contributed by atoms with Gasteiger partial charge in [0.05, 0.1) is 0 Å². The van der Waals surface area contributed by atoms with Crippen LogP contribution < -0.4 is 10.6 Å². The lowest BCUT2D eigenvalue weighted by Crippen LogP contribution is -2.51. The highest BCUT2D eigenvalue weighted by Crippen LogP contribution is 2.18. The topological polar surface area (TPSA) is 70.6 Å². The van der Waals surface area contributed by atoms with Crippen LogP contribution in [0.25, 0.3) is 0 Å². The molecular formula is C15H20N6S. The van der Waals surface area contributed by atoms with Gasteiger partial charge in [0.1, 0.15) is 0 Å². The van der Waals surface area contributed by atoms with Crippen LogP contribution in [-0.4, -0.2) is 53.6 Å². The van der Waals surface area contributed by atoms with Gasteiger partial charge in [0.2, 0.25) is 0 Å². The molecule has 0 spiro atoms. The van der Waals surface area contributed by atoms with Crippen molar-refractivity contribution in [3.63, 3.8) is 0 Å². The third-order valence-corrected chi connectivity index (χ3v) is 4.49. The fourth-order valence-corrected chi connectivity index (χ4v) is 3.13. The van der Waals surface area contributed by atoms with Gasteiger partial charge >= 0.3 is 0 Å². The summed E-state index contributed by atoms with van der Waals surface area (Å²) >= 11 is 1.68. The van der Waals surface area contributed by atoms with E-state index in [0.717, 1.165) is 43.4 Å². The van der Waals surface area contributed by atoms with Crippen molar-refractivity contribution >= 4 is 22.4 Å². The Labute approximate surface area is 134 Å². The van der Waals surface area contributed by atoms with Crippen molar-refractivity contribution in [1.29, 1.82) is 0 Å². The molecule has 3 rings (SSSR count). The Balaban J connectivity index is 1.47. The van der Waals surface area contributed by atoms with Crippen molar-refractivity contribution in [2.45, 2.75) is 6.42 Å². The van der Waals surface area contributed by atoms with E-state index in [1.807, 2.05) is 29.8 Å². The number of hydrogen-bond donors (Lipinski definition) is 1. The molecule has 0 amide bonds. The first-order valence-corrected chi connectivity index (χ1v) is 8.30. The summed E-state index contributed by atoms with van der Waals surface area (Å²) in [6.07, 6.45) is 4.47. The van der Waals surface area contributed by atoms with E-state index in [1.54, 1.807) is 17.5 Å². The molecule has 22 heavy (non-hydrogen) atoms. The average Bonchev–Trinajstić information content (AvgIpc) is 3.10. The molecule has 1 aliphatic heterocycles. The van der Waals surface area contributed by atoms with Crippen molar-refractivity contribution in [3.05, 3.63) is 41.7 Å². The molecule has 7 heteroatoms. The van der Waals surface area contributed by atoms with E-state index < -0.39 is 0 Å². The maximum atomic E-state index is 6.10. The molecule has 0 atom stereocenters. The Kier molecular flexibility index (Phi) is 4.85. The van der Waals surface area contributed by atoms with E-state index in [-0.39, 0.29) is 0 Å². The van der Waals surface area contributed by atoms with Crippen LogP contribution in [0.3, 0.4) is 0 Å². The van der Waals surface area contributed by atoms with E-state index in [0.29, 0.717) is 12.5 Å². The summed E-state index contributed by atoms with van der Waals surface area (Å²) in [7, 11) is 0. The molecule has 3 heterocycles. The number of nitrogens with zero attached hydrogens (tertiary/aromatic N) is 5. The first-order valence-electron chi connectivity index (χ1n) is 7.42. The fourth-order valence-electron chi connectivity index (χ4n) is 2.43. The zero-order valence-electron chi connectivity index (χ0n) is 12.4. The maximum absolute atomic E-state index is 6.10. The van der Waals surface area contributed by atoms with Gasteiger partial charge < -0.3 is 15.5 Å². The van der Waals surface area contributed by atoms with Gasteiger partial charge in [-0.05, 0) is 12.1 Å². The van der Waals surface area contributed by atoms with E-state index in [9.17, 15) is 0 Å². The zero-order valence-corrected chi connectivity index (χ0v) is 13.2. The molecule has 0 bridgehead atoms. The molecule has 0 aliphatic carbocycles. The molecular weight excluding hydrogens is 296 g/mol. The second-order valence-electron chi connectivity index (χ2n) is 5.10. The largest absolute Gasteiger partial charge is 0.370 e. The molecule has 2 aromatic heterocycles. The molecule has 0 aromatic carbocycles. The van der Waals surface area contributed by atoms with E-state index in [2.05, 4.69) is 24.8 Å². The van der Waals surface area contributed by atoms with Crippen LogP contribution >= 0.6 is 11.3 Å². The molecule has 2 N–H and O–H groups in total. The second-order valence-corrected chi connectivity index (χ2v) is 5.97. The molecule has 0 saturated carbocycles. The molecule has 0 radical (unpaired) electrons. The van der Waals surface area contributed by atoms with Crippen LogP contribution in [0.1, 0.15) is 5.69 Å². The standard InChI is InChI=1S/C15H20N6S/c16-14(18-6-4-13-3-1-2-5-17-13)20-8-10-21(11-9-20)15-19-7-12-22-15/h1-3,5,7,12H,4,6,8-11H2,(H2,16,18). The number of hydrogen-bond acceptors (Lipinski definition) is 5. The predicted molar refractivity (Wildman–Crippen MR) is 90.3 cm³/mol. The molecule has 1 saturated heterocycles. The lowest BCUT2D eigenvalue weighted by atomic mass is 10.3. The first kappa shape index (κ1) is 14.8. The summed E-state index contributed by atoms with van der Waals surface area (Å²) in [6.45, 7) is 4.32. The van der Waals surface area contributed by atoms with Gasteiger partial charge in [0, 0.05) is 62.6 Å². The molecule has 6 nitrogen and oxygen atoms in total. The van der Waals surface area contributed by atoms with Crippen LogP contribution in [0.15, 0.2) is 41.0 Å². The van der Waals surface area contributed by atoms with Crippen molar-refractivity contribution in [2.75, 3.05) is 37.6 Å². The lowest BCUT2D eigenvalue weighted by Gasteiger charge is -2.35. The minimum absolute atomic E-state index is 0.634. The summed E-state index contributed by atoms with van der Waals surface area (Å²) in [5.74, 6) is 0.634. The second kappa shape index (κ2) is 7.22. The molecule has 1 aliphatic rings. The van der Waals surface area contributed by atoms with Crippen LogP contribution in [0, 0.1) is 0 Å². The lowest BCUT2D eigenvalue weighted by molar-refractivity contribution is 0.380. The fraction of sp³-hybridized carbons (Fsp3) is 0.400. The Bertz CT molecular complexity index is 590. The molecule has 116 valence electrons. The summed E-state index contributed by atoms with van der Waals surface area (Å²) in [5, 5.41) is 3.10. The number of anilines is 1. The monoisotopic (exact) mass is 316 g/mol. The van der Waals surface area contributed by atoms with Crippen LogP contribution in [-0.2, 0) is 6.42 Å². The quantitative estimate of drug-likeness (QED) is 0.678. The minimum atomic E-state index is 0.634. The Morgan fingerprint density at radius 2 is 2.05 bits per heavy atom. The molecule has 1 fully saturated rings. The highest BCUT2D eigenvalue weighted by molar-refractivity contribution is 7.13. The van der Waals surface area contributed by atoms with Crippen molar-refractivity contribution < 1.29 is 0 Å². The molecule has 0 unspecified atom stereocenters. The smallest absolute Gasteiger partial charge is 0.191 e. The van der Waals surface area contributed by atoms with Crippen molar-refractivity contribution in [1.82, 2.24) is 14.9 Å². The highest BCUT2D eigenvalue weighted by atomic mass is 32.1. The zero-order chi connectivity index (χ0) is 15.2. The first-order chi connectivity index (χ1) is 10.8. The number of aromatic nitrogens is 2. The van der Waals surface area contributed by atoms with Crippen molar-refractivity contribution in [3.8, 4) is 0 Å². The van der Waals surface area contributed by atoms with Gasteiger partial charge in [-0.25, -0.2) is 4.98 Å². The van der Waals surface area contributed by atoms with Gasteiger partial charge in [-0.1, -0.05) is 6.07 Å².